The maximum atomic E-state index is 12.6. The fraction of sp³-hybridized carbons (Fsp3) is 0.542. The van der Waals surface area contributed by atoms with Crippen LogP contribution in [0.2, 0.25) is 0 Å². The molecule has 0 aliphatic heterocycles. The largest absolute Gasteiger partial charge is 0.362 e. The van der Waals surface area contributed by atoms with Gasteiger partial charge in [-0.3, -0.25) is 4.79 Å². The summed E-state index contributed by atoms with van der Waals surface area (Å²) in [7, 11) is 4.11. The Kier molecular flexibility index (Phi) is 7.00. The molecule has 166 valence electrons. The number of amides is 1. The van der Waals surface area contributed by atoms with Crippen molar-refractivity contribution >= 4 is 30.3 Å². The number of nitrogens with zero attached hydrogens (tertiary/aromatic N) is 3. The fourth-order valence-electron chi connectivity index (χ4n) is 4.65. The predicted octanol–water partition coefficient (Wildman–Crippen LogP) is 4.00. The van der Waals surface area contributed by atoms with Crippen molar-refractivity contribution in [3.8, 4) is 0 Å². The standard InChI is InChI=1S/C24H33N5OS/c1-29(2)22-20-8-3-4-9-21(20)27-24(28-22)26-19-12-10-18(11-13-19)25-23(30)17-7-5-6-16(14-17)15-31/h5-7,14,18-19,31H,3-4,8-13,15H2,1-2H3,(H,25,30)(H,26,27,28). The zero-order valence-electron chi connectivity index (χ0n) is 18.5. The number of carbonyl (C=O) groups is 1. The van der Waals surface area contributed by atoms with Gasteiger partial charge in [-0.1, -0.05) is 12.1 Å². The highest BCUT2D eigenvalue weighted by atomic mass is 32.1. The van der Waals surface area contributed by atoms with Gasteiger partial charge >= 0.3 is 0 Å². The number of benzene rings is 1. The van der Waals surface area contributed by atoms with Gasteiger partial charge in [0.1, 0.15) is 5.82 Å². The van der Waals surface area contributed by atoms with Crippen LogP contribution in [0, 0.1) is 0 Å². The monoisotopic (exact) mass is 439 g/mol. The lowest BCUT2D eigenvalue weighted by molar-refractivity contribution is 0.0926. The van der Waals surface area contributed by atoms with E-state index < -0.39 is 0 Å². The fourth-order valence-corrected chi connectivity index (χ4v) is 4.85. The number of nitrogens with one attached hydrogen (secondary N) is 2. The molecule has 0 radical (unpaired) electrons. The number of aryl methyl sites for hydroxylation is 1. The molecule has 0 atom stereocenters. The van der Waals surface area contributed by atoms with E-state index >= 15 is 0 Å². The average Bonchev–Trinajstić information content (AvgIpc) is 2.79. The van der Waals surface area contributed by atoms with E-state index in [0.717, 1.165) is 55.9 Å². The Balaban J connectivity index is 1.34. The van der Waals surface area contributed by atoms with E-state index in [0.29, 0.717) is 17.4 Å². The van der Waals surface area contributed by atoms with Gasteiger partial charge in [0, 0.05) is 43.1 Å². The first-order valence-corrected chi connectivity index (χ1v) is 12.0. The van der Waals surface area contributed by atoms with Crippen LogP contribution in [-0.2, 0) is 18.6 Å². The minimum Gasteiger partial charge on any atom is -0.362 e. The lowest BCUT2D eigenvalue weighted by Gasteiger charge is -2.30. The molecule has 4 rings (SSSR count). The third-order valence-electron chi connectivity index (χ3n) is 6.35. The van der Waals surface area contributed by atoms with E-state index in [1.165, 1.54) is 24.1 Å². The molecule has 7 heteroatoms. The molecule has 2 aliphatic carbocycles. The molecule has 31 heavy (non-hydrogen) atoms. The van der Waals surface area contributed by atoms with E-state index in [2.05, 4.69) is 42.3 Å². The highest BCUT2D eigenvalue weighted by Gasteiger charge is 2.25. The number of rotatable bonds is 6. The summed E-state index contributed by atoms with van der Waals surface area (Å²) in [6.45, 7) is 0. The Morgan fingerprint density at radius 2 is 1.84 bits per heavy atom. The quantitative estimate of drug-likeness (QED) is 0.594. The Morgan fingerprint density at radius 1 is 1.10 bits per heavy atom. The summed E-state index contributed by atoms with van der Waals surface area (Å²) in [4.78, 5) is 24.4. The average molecular weight is 440 g/mol. The zero-order valence-corrected chi connectivity index (χ0v) is 19.4. The maximum absolute atomic E-state index is 12.6. The normalized spacial score (nSPS) is 20.6. The summed E-state index contributed by atoms with van der Waals surface area (Å²) in [5, 5.41) is 6.78. The number of fused-ring (bicyclic) bond motifs is 1. The Bertz CT molecular complexity index is 924. The molecule has 0 spiro atoms. The van der Waals surface area contributed by atoms with E-state index in [9.17, 15) is 4.79 Å². The second kappa shape index (κ2) is 9.90. The molecule has 1 aromatic carbocycles. The summed E-state index contributed by atoms with van der Waals surface area (Å²) in [6.07, 6.45) is 8.46. The molecule has 6 nitrogen and oxygen atoms in total. The van der Waals surface area contributed by atoms with Crippen LogP contribution in [0.15, 0.2) is 24.3 Å². The predicted molar refractivity (Wildman–Crippen MR) is 129 cm³/mol. The third kappa shape index (κ3) is 5.32. The van der Waals surface area contributed by atoms with Crippen molar-refractivity contribution in [2.24, 2.45) is 0 Å². The number of aromatic nitrogens is 2. The van der Waals surface area contributed by atoms with Crippen LogP contribution >= 0.6 is 12.6 Å². The molecular formula is C24H33N5OS. The van der Waals surface area contributed by atoms with Gasteiger partial charge in [-0.25, -0.2) is 4.98 Å². The molecule has 2 aromatic rings. The maximum Gasteiger partial charge on any atom is 0.251 e. The van der Waals surface area contributed by atoms with Crippen molar-refractivity contribution in [3.05, 3.63) is 46.6 Å². The van der Waals surface area contributed by atoms with Crippen LogP contribution in [0.1, 0.15) is 65.7 Å². The van der Waals surface area contributed by atoms with E-state index in [1.807, 2.05) is 24.3 Å². The number of hydrogen-bond donors (Lipinski definition) is 3. The summed E-state index contributed by atoms with van der Waals surface area (Å²) >= 11 is 4.30. The van der Waals surface area contributed by atoms with Gasteiger partial charge in [0.2, 0.25) is 5.95 Å². The molecule has 1 heterocycles. The number of hydrogen-bond acceptors (Lipinski definition) is 6. The lowest BCUT2D eigenvalue weighted by atomic mass is 9.91. The second-order valence-electron chi connectivity index (χ2n) is 8.92. The van der Waals surface area contributed by atoms with Crippen LogP contribution in [0.4, 0.5) is 11.8 Å². The first-order chi connectivity index (χ1) is 15.0. The van der Waals surface area contributed by atoms with Crippen molar-refractivity contribution in [1.82, 2.24) is 15.3 Å². The van der Waals surface area contributed by atoms with Crippen LogP contribution in [-0.4, -0.2) is 42.1 Å². The lowest BCUT2D eigenvalue weighted by Crippen LogP contribution is -2.40. The third-order valence-corrected chi connectivity index (χ3v) is 6.72. The smallest absolute Gasteiger partial charge is 0.251 e. The summed E-state index contributed by atoms with van der Waals surface area (Å²) in [5.41, 5.74) is 4.29. The molecule has 0 bridgehead atoms. The molecule has 0 saturated heterocycles. The van der Waals surface area contributed by atoms with Crippen LogP contribution in [0.5, 0.6) is 0 Å². The van der Waals surface area contributed by atoms with Crippen molar-refractivity contribution in [1.29, 1.82) is 0 Å². The van der Waals surface area contributed by atoms with Gasteiger partial charge in [0.25, 0.3) is 5.91 Å². The van der Waals surface area contributed by atoms with Gasteiger partial charge in [-0.15, -0.1) is 0 Å². The zero-order chi connectivity index (χ0) is 21.8. The molecule has 2 aliphatic rings. The Morgan fingerprint density at radius 3 is 2.58 bits per heavy atom. The van der Waals surface area contributed by atoms with Gasteiger partial charge < -0.3 is 15.5 Å². The molecule has 1 fully saturated rings. The van der Waals surface area contributed by atoms with E-state index in [1.54, 1.807) is 0 Å². The SMILES string of the molecule is CN(C)c1nc(NC2CCC(NC(=O)c3cccc(CS)c3)CC2)nc2c1CCCC2. The van der Waals surface area contributed by atoms with Crippen LogP contribution in [0.3, 0.4) is 0 Å². The molecular weight excluding hydrogens is 406 g/mol. The highest BCUT2D eigenvalue weighted by molar-refractivity contribution is 7.79. The summed E-state index contributed by atoms with van der Waals surface area (Å²) in [5.74, 6) is 2.45. The number of anilines is 2. The van der Waals surface area contributed by atoms with Crippen molar-refractivity contribution in [3.63, 3.8) is 0 Å². The van der Waals surface area contributed by atoms with Crippen LogP contribution < -0.4 is 15.5 Å². The number of carbonyl (C=O) groups excluding carboxylic acids is 1. The van der Waals surface area contributed by atoms with Gasteiger partial charge in [0.05, 0.1) is 5.69 Å². The van der Waals surface area contributed by atoms with Gasteiger partial charge in [-0.2, -0.15) is 17.6 Å². The Hall–Kier alpha value is -2.28. The summed E-state index contributed by atoms with van der Waals surface area (Å²) < 4.78 is 0. The molecule has 1 aromatic heterocycles. The highest BCUT2D eigenvalue weighted by Crippen LogP contribution is 2.29. The first kappa shape index (κ1) is 21.9. The first-order valence-electron chi connectivity index (χ1n) is 11.4. The van der Waals surface area contributed by atoms with Crippen LogP contribution in [0.25, 0.3) is 0 Å². The molecule has 0 unspecified atom stereocenters. The van der Waals surface area contributed by atoms with E-state index in [-0.39, 0.29) is 11.9 Å². The van der Waals surface area contributed by atoms with Gasteiger partial charge in [-0.05, 0) is 69.1 Å². The van der Waals surface area contributed by atoms with Crippen molar-refractivity contribution in [2.75, 3.05) is 24.3 Å². The molecule has 2 N–H and O–H groups in total. The molecule has 1 amide bonds. The topological polar surface area (TPSA) is 70.2 Å². The number of thiol groups is 1. The summed E-state index contributed by atoms with van der Waals surface area (Å²) in [6, 6.07) is 8.26. The van der Waals surface area contributed by atoms with Gasteiger partial charge in [0.15, 0.2) is 0 Å². The van der Waals surface area contributed by atoms with E-state index in [4.69, 9.17) is 9.97 Å². The Labute approximate surface area is 190 Å². The molecule has 1 saturated carbocycles. The minimum absolute atomic E-state index is 0.00804. The minimum atomic E-state index is 0.00804. The van der Waals surface area contributed by atoms with Crippen molar-refractivity contribution < 1.29 is 4.79 Å². The van der Waals surface area contributed by atoms with Crippen molar-refractivity contribution in [2.45, 2.75) is 69.2 Å². The second-order valence-corrected chi connectivity index (χ2v) is 9.24.